The first-order valence-electron chi connectivity index (χ1n) is 7.27. The molecule has 0 spiro atoms. The predicted molar refractivity (Wildman–Crippen MR) is 107 cm³/mol. The monoisotopic (exact) mass is 427 g/mol. The highest BCUT2D eigenvalue weighted by atomic mass is 35.5. The highest BCUT2D eigenvalue weighted by molar-refractivity contribution is 7.92. The Morgan fingerprint density at radius 1 is 1.04 bits per heavy atom. The molecule has 0 fully saturated rings. The van der Waals surface area contributed by atoms with Crippen molar-refractivity contribution in [2.75, 3.05) is 18.9 Å². The molecule has 0 saturated carbocycles. The standard InChI is InChI=1S/C16H14ClN3O4S2.CH4/c1-23-13-8-7-12(9-14(13)24-2)26(21,22)20-16-18-15(25-19-16)10-3-5-11(17)6-4-10;/h3-9H,1-2H3,(H,19,20);1H4. The highest BCUT2D eigenvalue weighted by Crippen LogP contribution is 2.30. The molecule has 7 nitrogen and oxygen atoms in total. The topological polar surface area (TPSA) is 90.4 Å². The SMILES string of the molecule is C.COc1ccc(S(=O)(=O)Nc2nsc(-c3ccc(Cl)cc3)n2)cc1OC. The van der Waals surface area contributed by atoms with Crippen molar-refractivity contribution >= 4 is 39.1 Å². The van der Waals surface area contributed by atoms with Crippen molar-refractivity contribution < 1.29 is 17.9 Å². The molecule has 0 atom stereocenters. The van der Waals surface area contributed by atoms with Gasteiger partial charge in [0.2, 0.25) is 5.95 Å². The molecule has 3 aromatic rings. The number of hydrogen-bond acceptors (Lipinski definition) is 7. The Bertz CT molecular complexity index is 1020. The van der Waals surface area contributed by atoms with E-state index in [9.17, 15) is 8.42 Å². The molecule has 0 aliphatic carbocycles. The number of anilines is 1. The van der Waals surface area contributed by atoms with E-state index >= 15 is 0 Å². The van der Waals surface area contributed by atoms with Crippen LogP contribution in [-0.4, -0.2) is 32.0 Å². The molecule has 1 heterocycles. The van der Waals surface area contributed by atoms with Crippen LogP contribution in [0, 0.1) is 0 Å². The number of sulfonamides is 1. The second-order valence-corrected chi connectivity index (χ2v) is 7.92. The Kier molecular flexibility index (Phi) is 6.63. The molecule has 0 unspecified atom stereocenters. The number of nitrogens with zero attached hydrogens (tertiary/aromatic N) is 2. The van der Waals surface area contributed by atoms with Gasteiger partial charge in [0.15, 0.2) is 11.5 Å². The summed E-state index contributed by atoms with van der Waals surface area (Å²) >= 11 is 6.94. The summed E-state index contributed by atoms with van der Waals surface area (Å²) in [6.45, 7) is 0. The molecule has 0 saturated heterocycles. The van der Waals surface area contributed by atoms with Crippen LogP contribution in [0.15, 0.2) is 47.4 Å². The van der Waals surface area contributed by atoms with E-state index in [2.05, 4.69) is 14.1 Å². The zero-order valence-electron chi connectivity index (χ0n) is 13.8. The summed E-state index contributed by atoms with van der Waals surface area (Å²) in [5.41, 5.74) is 0.795. The van der Waals surface area contributed by atoms with Crippen molar-refractivity contribution in [1.29, 1.82) is 0 Å². The first kappa shape index (κ1) is 20.9. The van der Waals surface area contributed by atoms with Crippen molar-refractivity contribution in [2.45, 2.75) is 12.3 Å². The van der Waals surface area contributed by atoms with Gasteiger partial charge in [-0.05, 0) is 35.8 Å². The van der Waals surface area contributed by atoms with Crippen molar-refractivity contribution in [3.8, 4) is 22.1 Å². The number of benzene rings is 2. The van der Waals surface area contributed by atoms with Crippen molar-refractivity contribution in [2.24, 2.45) is 0 Å². The zero-order valence-corrected chi connectivity index (χ0v) is 16.2. The van der Waals surface area contributed by atoms with Gasteiger partial charge >= 0.3 is 0 Å². The van der Waals surface area contributed by atoms with E-state index in [-0.39, 0.29) is 18.3 Å². The number of aromatic nitrogens is 2. The summed E-state index contributed by atoms with van der Waals surface area (Å²) in [6.07, 6.45) is 0. The Labute approximate surface area is 167 Å². The largest absolute Gasteiger partial charge is 0.493 e. The van der Waals surface area contributed by atoms with Crippen molar-refractivity contribution in [3.63, 3.8) is 0 Å². The molecule has 0 aliphatic heterocycles. The molecule has 2 aromatic carbocycles. The maximum Gasteiger partial charge on any atom is 0.264 e. The van der Waals surface area contributed by atoms with Gasteiger partial charge in [0.05, 0.1) is 19.1 Å². The summed E-state index contributed by atoms with van der Waals surface area (Å²) in [5.74, 6) is 0.737. The van der Waals surface area contributed by atoms with Crippen LogP contribution in [0.5, 0.6) is 11.5 Å². The molecule has 0 radical (unpaired) electrons. The van der Waals surface area contributed by atoms with E-state index < -0.39 is 10.0 Å². The maximum atomic E-state index is 12.6. The fraction of sp³-hybridized carbons (Fsp3) is 0.176. The smallest absolute Gasteiger partial charge is 0.264 e. The predicted octanol–water partition coefficient (Wildman–Crippen LogP) is 4.31. The molecule has 10 heteroatoms. The van der Waals surface area contributed by atoms with Crippen molar-refractivity contribution in [1.82, 2.24) is 9.36 Å². The van der Waals surface area contributed by atoms with Crippen LogP contribution in [0.2, 0.25) is 5.02 Å². The number of ether oxygens (including phenoxy) is 2. The van der Waals surface area contributed by atoms with Gasteiger partial charge in [-0.15, -0.1) is 0 Å². The third-order valence-corrected chi connectivity index (χ3v) is 5.75. The molecule has 1 aromatic heterocycles. The fourth-order valence-electron chi connectivity index (χ4n) is 2.14. The summed E-state index contributed by atoms with van der Waals surface area (Å²) < 4.78 is 41.8. The Morgan fingerprint density at radius 3 is 2.33 bits per heavy atom. The minimum atomic E-state index is -3.87. The number of rotatable bonds is 6. The first-order valence-corrected chi connectivity index (χ1v) is 9.91. The van der Waals surface area contributed by atoms with Gasteiger partial charge in [-0.1, -0.05) is 31.2 Å². The lowest BCUT2D eigenvalue weighted by atomic mass is 10.2. The molecular formula is C17H18ClN3O4S2. The summed E-state index contributed by atoms with van der Waals surface area (Å²) in [7, 11) is -0.965. The van der Waals surface area contributed by atoms with E-state index in [1.807, 2.05) is 0 Å². The molecule has 1 N–H and O–H groups in total. The second kappa shape index (κ2) is 8.55. The van der Waals surface area contributed by atoms with Crippen LogP contribution < -0.4 is 14.2 Å². The number of methoxy groups -OCH3 is 2. The van der Waals surface area contributed by atoms with Crippen molar-refractivity contribution in [3.05, 3.63) is 47.5 Å². The molecule has 0 amide bonds. The van der Waals surface area contributed by atoms with Crippen LogP contribution in [-0.2, 0) is 10.0 Å². The fourth-order valence-corrected chi connectivity index (χ4v) is 3.91. The third kappa shape index (κ3) is 4.68. The lowest BCUT2D eigenvalue weighted by molar-refractivity contribution is 0.354. The number of halogens is 1. The summed E-state index contributed by atoms with van der Waals surface area (Å²) in [4.78, 5) is 4.23. The van der Waals surface area contributed by atoms with Crippen LogP contribution in [0.1, 0.15) is 7.43 Å². The Balaban J connectivity index is 0.00000261. The van der Waals surface area contributed by atoms with Crippen LogP contribution in [0.3, 0.4) is 0 Å². The van der Waals surface area contributed by atoms with E-state index in [4.69, 9.17) is 21.1 Å². The van der Waals surface area contributed by atoms with Gasteiger partial charge < -0.3 is 9.47 Å². The minimum absolute atomic E-state index is 0. The average molecular weight is 428 g/mol. The molecule has 3 rings (SSSR count). The first-order chi connectivity index (χ1) is 12.4. The van der Waals surface area contributed by atoms with Gasteiger partial charge in [0, 0.05) is 16.7 Å². The molecule has 0 aliphatic rings. The van der Waals surface area contributed by atoms with Gasteiger partial charge in [0.25, 0.3) is 10.0 Å². The molecular weight excluding hydrogens is 410 g/mol. The lowest BCUT2D eigenvalue weighted by Gasteiger charge is -2.10. The minimum Gasteiger partial charge on any atom is -0.493 e. The summed E-state index contributed by atoms with van der Waals surface area (Å²) in [6, 6.07) is 11.3. The number of nitrogens with one attached hydrogen (secondary N) is 1. The average Bonchev–Trinajstić information content (AvgIpc) is 3.09. The Hall–Kier alpha value is -2.36. The lowest BCUT2D eigenvalue weighted by Crippen LogP contribution is -2.14. The highest BCUT2D eigenvalue weighted by Gasteiger charge is 2.19. The Morgan fingerprint density at radius 2 is 1.70 bits per heavy atom. The van der Waals surface area contributed by atoms with Crippen LogP contribution in [0.25, 0.3) is 10.6 Å². The maximum absolute atomic E-state index is 12.6. The molecule has 0 bridgehead atoms. The molecule has 144 valence electrons. The van der Waals surface area contributed by atoms with Gasteiger partial charge in [-0.25, -0.2) is 13.1 Å². The zero-order chi connectivity index (χ0) is 18.7. The van der Waals surface area contributed by atoms with Gasteiger partial charge in [-0.3, -0.25) is 0 Å². The third-order valence-electron chi connectivity index (χ3n) is 3.41. The van der Waals surface area contributed by atoms with Gasteiger partial charge in [0.1, 0.15) is 5.01 Å². The normalized spacial score (nSPS) is 10.8. The second-order valence-electron chi connectivity index (χ2n) is 5.05. The van der Waals surface area contributed by atoms with Gasteiger partial charge in [-0.2, -0.15) is 9.36 Å². The van der Waals surface area contributed by atoms with E-state index in [0.29, 0.717) is 21.5 Å². The quantitative estimate of drug-likeness (QED) is 0.630. The number of hydrogen-bond donors (Lipinski definition) is 1. The van der Waals surface area contributed by atoms with Crippen LogP contribution >= 0.6 is 23.1 Å². The van der Waals surface area contributed by atoms with E-state index in [1.165, 1.54) is 32.4 Å². The molecule has 27 heavy (non-hydrogen) atoms. The van der Waals surface area contributed by atoms with E-state index in [1.54, 1.807) is 24.3 Å². The van der Waals surface area contributed by atoms with E-state index in [0.717, 1.165) is 17.1 Å². The van der Waals surface area contributed by atoms with Crippen LogP contribution in [0.4, 0.5) is 5.95 Å². The summed E-state index contributed by atoms with van der Waals surface area (Å²) in [5, 5.41) is 1.18.